The molecule has 0 spiro atoms. The second-order valence-corrected chi connectivity index (χ2v) is 5.29. The van der Waals surface area contributed by atoms with Crippen molar-refractivity contribution in [3.05, 3.63) is 65.7 Å². The number of para-hydroxylation sites is 1. The predicted octanol–water partition coefficient (Wildman–Crippen LogP) is 3.58. The maximum atomic E-state index is 6.03. The second kappa shape index (κ2) is 9.23. The molecule has 3 heteroatoms. The minimum Gasteiger partial charge on any atom is -0.493 e. The van der Waals surface area contributed by atoms with Crippen molar-refractivity contribution in [2.45, 2.75) is 18.8 Å². The molecule has 1 unspecified atom stereocenters. The molecule has 2 N–H and O–H groups in total. The summed E-state index contributed by atoms with van der Waals surface area (Å²) in [4.78, 5) is 0. The van der Waals surface area contributed by atoms with E-state index < -0.39 is 0 Å². The van der Waals surface area contributed by atoms with Gasteiger partial charge in [0.2, 0.25) is 0 Å². The van der Waals surface area contributed by atoms with E-state index in [0.717, 1.165) is 30.8 Å². The van der Waals surface area contributed by atoms with Gasteiger partial charge in [-0.3, -0.25) is 0 Å². The molecule has 0 fully saturated rings. The van der Waals surface area contributed by atoms with E-state index in [1.54, 1.807) is 7.11 Å². The van der Waals surface area contributed by atoms with Gasteiger partial charge in [0.1, 0.15) is 5.75 Å². The Balaban J connectivity index is 2.09. The molecule has 22 heavy (non-hydrogen) atoms. The van der Waals surface area contributed by atoms with Gasteiger partial charge < -0.3 is 15.2 Å². The fourth-order valence-corrected chi connectivity index (χ4v) is 2.56. The van der Waals surface area contributed by atoms with Crippen molar-refractivity contribution in [1.29, 1.82) is 0 Å². The highest BCUT2D eigenvalue weighted by Gasteiger charge is 2.16. The van der Waals surface area contributed by atoms with Crippen molar-refractivity contribution in [2.24, 2.45) is 5.73 Å². The van der Waals surface area contributed by atoms with Crippen LogP contribution >= 0.6 is 0 Å². The summed E-state index contributed by atoms with van der Waals surface area (Å²) in [6.07, 6.45) is 2.00. The van der Waals surface area contributed by atoms with E-state index in [2.05, 4.69) is 18.2 Å². The van der Waals surface area contributed by atoms with Gasteiger partial charge in [0, 0.05) is 31.7 Å². The van der Waals surface area contributed by atoms with Crippen molar-refractivity contribution in [3.63, 3.8) is 0 Å². The molecule has 0 amide bonds. The molecule has 0 saturated heterocycles. The summed E-state index contributed by atoms with van der Waals surface area (Å²) in [6.45, 7) is 2.04. The second-order valence-electron chi connectivity index (χ2n) is 5.29. The molecule has 2 aromatic rings. The molecule has 118 valence electrons. The molecule has 1 atom stereocenters. The number of unbranched alkanes of at least 4 members (excludes halogenated alkanes) is 1. The predicted molar refractivity (Wildman–Crippen MR) is 90.4 cm³/mol. The average molecular weight is 299 g/mol. The van der Waals surface area contributed by atoms with Gasteiger partial charge in [0.25, 0.3) is 0 Å². The Morgan fingerprint density at radius 3 is 2.32 bits per heavy atom. The number of hydrogen-bond donors (Lipinski definition) is 1. The first-order valence-electron chi connectivity index (χ1n) is 7.82. The van der Waals surface area contributed by atoms with Gasteiger partial charge in [-0.2, -0.15) is 0 Å². The summed E-state index contributed by atoms with van der Waals surface area (Å²) in [6, 6.07) is 18.5. The largest absolute Gasteiger partial charge is 0.493 e. The molecule has 0 saturated carbocycles. The zero-order valence-corrected chi connectivity index (χ0v) is 13.2. The Bertz CT molecular complexity index is 542. The van der Waals surface area contributed by atoms with Crippen molar-refractivity contribution in [1.82, 2.24) is 0 Å². The molecule has 0 aromatic heterocycles. The molecular weight excluding hydrogens is 274 g/mol. The molecule has 3 nitrogen and oxygen atoms in total. The highest BCUT2D eigenvalue weighted by molar-refractivity contribution is 5.42. The molecule has 2 aromatic carbocycles. The van der Waals surface area contributed by atoms with Crippen molar-refractivity contribution in [3.8, 4) is 5.75 Å². The van der Waals surface area contributed by atoms with Gasteiger partial charge >= 0.3 is 0 Å². The lowest BCUT2D eigenvalue weighted by Gasteiger charge is -2.19. The molecule has 0 heterocycles. The lowest BCUT2D eigenvalue weighted by atomic mass is 9.91. The first kappa shape index (κ1) is 16.5. The van der Waals surface area contributed by atoms with E-state index in [9.17, 15) is 0 Å². The standard InChI is InChI=1S/C19H25NO2/c1-21-13-7-8-14-22-19-12-6-5-11-17(19)18(15-20)16-9-3-2-4-10-16/h2-6,9-12,18H,7-8,13-15,20H2,1H3. The van der Waals surface area contributed by atoms with Crippen molar-refractivity contribution < 1.29 is 9.47 Å². The van der Waals surface area contributed by atoms with Crippen LogP contribution in [0.1, 0.15) is 29.9 Å². The monoisotopic (exact) mass is 299 g/mol. The fraction of sp³-hybridized carbons (Fsp3) is 0.368. The Labute approximate surface area is 133 Å². The van der Waals surface area contributed by atoms with Crippen LogP contribution in [0.15, 0.2) is 54.6 Å². The van der Waals surface area contributed by atoms with Crippen LogP contribution in [-0.2, 0) is 4.74 Å². The van der Waals surface area contributed by atoms with Crippen LogP contribution in [-0.4, -0.2) is 26.9 Å². The van der Waals surface area contributed by atoms with Gasteiger partial charge in [0.05, 0.1) is 6.61 Å². The van der Waals surface area contributed by atoms with Crippen LogP contribution in [0, 0.1) is 0 Å². The maximum Gasteiger partial charge on any atom is 0.123 e. The maximum absolute atomic E-state index is 6.03. The smallest absolute Gasteiger partial charge is 0.123 e. The van der Waals surface area contributed by atoms with Gasteiger partial charge in [-0.1, -0.05) is 48.5 Å². The molecule has 0 aliphatic heterocycles. The molecule has 0 aliphatic carbocycles. The number of ether oxygens (including phenoxy) is 2. The van der Waals surface area contributed by atoms with E-state index in [-0.39, 0.29) is 5.92 Å². The summed E-state index contributed by atoms with van der Waals surface area (Å²) in [5.74, 6) is 1.09. The lowest BCUT2D eigenvalue weighted by Crippen LogP contribution is -2.15. The number of rotatable bonds is 9. The third-order valence-corrected chi connectivity index (χ3v) is 3.73. The summed E-state index contributed by atoms with van der Waals surface area (Å²) in [7, 11) is 1.72. The zero-order valence-electron chi connectivity index (χ0n) is 13.2. The number of methoxy groups -OCH3 is 1. The number of nitrogens with two attached hydrogens (primary N) is 1. The van der Waals surface area contributed by atoms with E-state index >= 15 is 0 Å². The van der Waals surface area contributed by atoms with Crippen LogP contribution in [0.3, 0.4) is 0 Å². The number of benzene rings is 2. The first-order chi connectivity index (χ1) is 10.9. The van der Waals surface area contributed by atoms with Gasteiger partial charge in [-0.15, -0.1) is 0 Å². The highest BCUT2D eigenvalue weighted by Crippen LogP contribution is 2.31. The van der Waals surface area contributed by atoms with Crippen LogP contribution in [0.5, 0.6) is 5.75 Å². The first-order valence-corrected chi connectivity index (χ1v) is 7.82. The van der Waals surface area contributed by atoms with Crippen LogP contribution in [0.2, 0.25) is 0 Å². The van der Waals surface area contributed by atoms with E-state index in [4.69, 9.17) is 15.2 Å². The molecule has 2 rings (SSSR count). The molecule has 0 radical (unpaired) electrons. The van der Waals surface area contributed by atoms with E-state index in [0.29, 0.717) is 13.2 Å². The van der Waals surface area contributed by atoms with Gasteiger partial charge in [0.15, 0.2) is 0 Å². The summed E-state index contributed by atoms with van der Waals surface area (Å²) >= 11 is 0. The summed E-state index contributed by atoms with van der Waals surface area (Å²) in [5, 5.41) is 0. The van der Waals surface area contributed by atoms with Gasteiger partial charge in [-0.25, -0.2) is 0 Å². The van der Waals surface area contributed by atoms with Crippen LogP contribution < -0.4 is 10.5 Å². The average Bonchev–Trinajstić information content (AvgIpc) is 2.57. The third-order valence-electron chi connectivity index (χ3n) is 3.73. The Morgan fingerprint density at radius 2 is 1.59 bits per heavy atom. The normalized spacial score (nSPS) is 12.1. The van der Waals surface area contributed by atoms with E-state index in [1.165, 1.54) is 5.56 Å². The minimum atomic E-state index is 0.163. The molecular formula is C19H25NO2. The third kappa shape index (κ3) is 4.58. The molecule has 0 aliphatic rings. The highest BCUT2D eigenvalue weighted by atomic mass is 16.5. The fourth-order valence-electron chi connectivity index (χ4n) is 2.56. The summed E-state index contributed by atoms with van der Waals surface area (Å²) < 4.78 is 11.0. The SMILES string of the molecule is COCCCCOc1ccccc1C(CN)c1ccccc1. The Hall–Kier alpha value is -1.84. The lowest BCUT2D eigenvalue weighted by molar-refractivity contribution is 0.184. The quantitative estimate of drug-likeness (QED) is 0.720. The zero-order chi connectivity index (χ0) is 15.6. The van der Waals surface area contributed by atoms with Gasteiger partial charge in [-0.05, 0) is 24.5 Å². The van der Waals surface area contributed by atoms with E-state index in [1.807, 2.05) is 36.4 Å². The topological polar surface area (TPSA) is 44.5 Å². The van der Waals surface area contributed by atoms with Crippen LogP contribution in [0.4, 0.5) is 0 Å². The van der Waals surface area contributed by atoms with Crippen LogP contribution in [0.25, 0.3) is 0 Å². The van der Waals surface area contributed by atoms with Crippen molar-refractivity contribution in [2.75, 3.05) is 26.9 Å². The van der Waals surface area contributed by atoms with Crippen molar-refractivity contribution >= 4 is 0 Å². The summed E-state index contributed by atoms with van der Waals surface area (Å²) in [5.41, 5.74) is 8.41. The minimum absolute atomic E-state index is 0.163. The number of hydrogen-bond acceptors (Lipinski definition) is 3. The molecule has 0 bridgehead atoms. The Kier molecular flexibility index (Phi) is 6.94. The Morgan fingerprint density at radius 1 is 0.909 bits per heavy atom.